The lowest BCUT2D eigenvalue weighted by molar-refractivity contribution is 0.252. The molecule has 8 heteroatoms. The number of hydrogen-bond donors (Lipinski definition) is 0. The summed E-state index contributed by atoms with van der Waals surface area (Å²) in [5.74, 6) is 3.98. The second-order valence-electron chi connectivity index (χ2n) is 18.9. The minimum absolute atomic E-state index is 0.144. The van der Waals surface area contributed by atoms with E-state index in [2.05, 4.69) is 134 Å². The van der Waals surface area contributed by atoms with Crippen molar-refractivity contribution in [2.45, 2.75) is 128 Å². The molecule has 0 radical (unpaired) electrons. The standard InChI is InChI=1S/C52H66O8/c1-9-34(3)46-24-39(51(6,7)37-11-16-40(17-12-37)53-22-21-42-27-55-42)23-35(49(46)60-33-45-31-58-45)26-52(8,10-2)47-25-38(15-20-48(47)59-32-44-30-57-44)50(4,5)36-13-18-41(19-14-36)54-28-43-29-56-43/h11-20,23-25,34,42-45H,9-10,21-22,26-33H2,1-8H3. The van der Waals surface area contributed by atoms with Gasteiger partial charge in [0.05, 0.1) is 39.1 Å². The summed E-state index contributed by atoms with van der Waals surface area (Å²) < 4.78 is 47.6. The zero-order chi connectivity index (χ0) is 42.1. The van der Waals surface area contributed by atoms with Gasteiger partial charge in [0, 0.05) is 28.2 Å². The Hall–Kier alpha value is -4.08. The van der Waals surface area contributed by atoms with Crippen LogP contribution in [0.2, 0.25) is 0 Å². The van der Waals surface area contributed by atoms with Crippen LogP contribution in [0.4, 0.5) is 0 Å². The van der Waals surface area contributed by atoms with Gasteiger partial charge < -0.3 is 37.9 Å². The van der Waals surface area contributed by atoms with E-state index in [4.69, 9.17) is 37.9 Å². The Labute approximate surface area is 358 Å². The minimum atomic E-state index is -0.303. The summed E-state index contributed by atoms with van der Waals surface area (Å²) in [6.07, 6.45) is 4.47. The van der Waals surface area contributed by atoms with Gasteiger partial charge in [0.1, 0.15) is 61.1 Å². The molecule has 8 nitrogen and oxygen atoms in total. The molecule has 6 atom stereocenters. The SMILES string of the molecule is CCC(C)c1cc(C(C)(C)c2ccc(OCCC3CO3)cc2)cc(CC(C)(CC)c2cc(C(C)(C)c3ccc(OCC4CO4)cc3)ccc2OCC2CO2)c1OCC1CO1. The molecule has 0 spiro atoms. The third-order valence-electron chi connectivity index (χ3n) is 13.5. The molecule has 0 aliphatic carbocycles. The molecular formula is C52H66O8. The Bertz CT molecular complexity index is 2060. The second-order valence-corrected chi connectivity index (χ2v) is 18.9. The minimum Gasteiger partial charge on any atom is -0.493 e. The van der Waals surface area contributed by atoms with Gasteiger partial charge in [-0.05, 0) is 88.9 Å². The number of ether oxygens (including phenoxy) is 8. The average molecular weight is 819 g/mol. The molecule has 322 valence electrons. The normalized spacial score (nSPS) is 22.1. The maximum absolute atomic E-state index is 6.87. The van der Waals surface area contributed by atoms with Crippen molar-refractivity contribution in [1.82, 2.24) is 0 Å². The van der Waals surface area contributed by atoms with E-state index in [1.54, 1.807) is 0 Å². The number of hydrogen-bond acceptors (Lipinski definition) is 8. The maximum Gasteiger partial charge on any atom is 0.126 e. The van der Waals surface area contributed by atoms with Crippen molar-refractivity contribution in [2.24, 2.45) is 0 Å². The summed E-state index contributed by atoms with van der Waals surface area (Å²) >= 11 is 0. The largest absolute Gasteiger partial charge is 0.493 e. The molecule has 60 heavy (non-hydrogen) atoms. The Kier molecular flexibility index (Phi) is 12.6. The molecule has 4 aliphatic rings. The van der Waals surface area contributed by atoms with Gasteiger partial charge in [0.25, 0.3) is 0 Å². The van der Waals surface area contributed by atoms with Crippen LogP contribution in [0.15, 0.2) is 78.9 Å². The first-order valence-electron chi connectivity index (χ1n) is 22.4. The summed E-state index contributed by atoms with van der Waals surface area (Å²) in [6, 6.07) is 28.9. The van der Waals surface area contributed by atoms with Gasteiger partial charge in [-0.3, -0.25) is 0 Å². The molecule has 8 rings (SSSR count). The van der Waals surface area contributed by atoms with E-state index in [9.17, 15) is 0 Å². The topological polar surface area (TPSA) is 87.0 Å². The summed E-state index contributed by atoms with van der Waals surface area (Å²) in [5.41, 5.74) is 7.78. The van der Waals surface area contributed by atoms with Crippen LogP contribution in [-0.4, -0.2) is 77.3 Å². The van der Waals surface area contributed by atoms with Gasteiger partial charge in [0.2, 0.25) is 0 Å². The molecule has 4 fully saturated rings. The summed E-state index contributed by atoms with van der Waals surface area (Å²) in [4.78, 5) is 0. The van der Waals surface area contributed by atoms with Crippen molar-refractivity contribution in [2.75, 3.05) is 52.9 Å². The quantitative estimate of drug-likeness (QED) is 0.0684. The van der Waals surface area contributed by atoms with Crippen LogP contribution in [0, 0.1) is 0 Å². The smallest absolute Gasteiger partial charge is 0.126 e. The van der Waals surface area contributed by atoms with Gasteiger partial charge in [-0.1, -0.05) is 104 Å². The molecule has 0 bridgehead atoms. The zero-order valence-electron chi connectivity index (χ0n) is 37.1. The Morgan fingerprint density at radius 1 is 0.583 bits per heavy atom. The van der Waals surface area contributed by atoms with E-state index >= 15 is 0 Å². The van der Waals surface area contributed by atoms with E-state index in [-0.39, 0.29) is 34.6 Å². The molecule has 4 saturated heterocycles. The number of epoxide rings is 4. The second kappa shape index (κ2) is 17.7. The average Bonchev–Trinajstić information content (AvgIpc) is 4.05. The Morgan fingerprint density at radius 3 is 1.65 bits per heavy atom. The first-order valence-corrected chi connectivity index (χ1v) is 22.4. The zero-order valence-corrected chi connectivity index (χ0v) is 37.1. The number of rotatable bonds is 23. The van der Waals surface area contributed by atoms with Gasteiger partial charge in [-0.25, -0.2) is 0 Å². The first kappa shape index (κ1) is 42.6. The summed E-state index contributed by atoms with van der Waals surface area (Å²) in [7, 11) is 0. The molecule has 4 heterocycles. The predicted molar refractivity (Wildman–Crippen MR) is 236 cm³/mol. The lowest BCUT2D eigenvalue weighted by Gasteiger charge is -2.36. The lowest BCUT2D eigenvalue weighted by Crippen LogP contribution is -2.28. The molecule has 0 N–H and O–H groups in total. The molecular weight excluding hydrogens is 753 g/mol. The number of benzene rings is 4. The van der Waals surface area contributed by atoms with E-state index in [1.807, 2.05) is 0 Å². The molecule has 4 aromatic carbocycles. The highest BCUT2D eigenvalue weighted by Crippen LogP contribution is 2.46. The third kappa shape index (κ3) is 10.2. The monoisotopic (exact) mass is 818 g/mol. The van der Waals surface area contributed by atoms with Crippen LogP contribution in [0.3, 0.4) is 0 Å². The highest BCUT2D eigenvalue weighted by atomic mass is 16.6. The fourth-order valence-electron chi connectivity index (χ4n) is 8.17. The first-order chi connectivity index (χ1) is 28.9. The van der Waals surface area contributed by atoms with Crippen LogP contribution in [0.25, 0.3) is 0 Å². The van der Waals surface area contributed by atoms with Crippen LogP contribution in [0.1, 0.15) is 120 Å². The van der Waals surface area contributed by atoms with Gasteiger partial charge in [-0.15, -0.1) is 0 Å². The van der Waals surface area contributed by atoms with Crippen molar-refractivity contribution in [3.8, 4) is 23.0 Å². The van der Waals surface area contributed by atoms with E-state index < -0.39 is 0 Å². The molecule has 0 amide bonds. The van der Waals surface area contributed by atoms with Crippen LogP contribution >= 0.6 is 0 Å². The van der Waals surface area contributed by atoms with E-state index in [0.717, 1.165) is 75.1 Å². The van der Waals surface area contributed by atoms with Crippen LogP contribution < -0.4 is 18.9 Å². The Morgan fingerprint density at radius 2 is 1.10 bits per heavy atom. The van der Waals surface area contributed by atoms with Crippen LogP contribution in [0.5, 0.6) is 23.0 Å². The van der Waals surface area contributed by atoms with Gasteiger partial charge in [0.15, 0.2) is 0 Å². The van der Waals surface area contributed by atoms with Crippen LogP contribution in [-0.2, 0) is 41.6 Å². The molecule has 4 aromatic rings. The van der Waals surface area contributed by atoms with E-state index in [0.29, 0.717) is 38.4 Å². The highest BCUT2D eigenvalue weighted by Gasteiger charge is 2.36. The Balaban J connectivity index is 1.15. The van der Waals surface area contributed by atoms with Crippen molar-refractivity contribution in [3.63, 3.8) is 0 Å². The van der Waals surface area contributed by atoms with Gasteiger partial charge in [-0.2, -0.15) is 0 Å². The molecule has 4 aliphatic heterocycles. The third-order valence-corrected chi connectivity index (χ3v) is 13.5. The predicted octanol–water partition coefficient (Wildman–Crippen LogP) is 10.3. The fraction of sp³-hybridized carbons (Fsp3) is 0.538. The lowest BCUT2D eigenvalue weighted by atomic mass is 9.70. The summed E-state index contributed by atoms with van der Waals surface area (Å²) in [5, 5.41) is 0. The maximum atomic E-state index is 6.87. The highest BCUT2D eigenvalue weighted by molar-refractivity contribution is 5.54. The molecule has 6 unspecified atom stereocenters. The van der Waals surface area contributed by atoms with Crippen molar-refractivity contribution < 1.29 is 37.9 Å². The van der Waals surface area contributed by atoms with Crippen molar-refractivity contribution >= 4 is 0 Å². The van der Waals surface area contributed by atoms with Crippen molar-refractivity contribution in [3.05, 3.63) is 118 Å². The molecule has 0 saturated carbocycles. The summed E-state index contributed by atoms with van der Waals surface area (Å²) in [6.45, 7) is 24.1. The fourth-order valence-corrected chi connectivity index (χ4v) is 8.17. The van der Waals surface area contributed by atoms with Crippen molar-refractivity contribution in [1.29, 1.82) is 0 Å². The van der Waals surface area contributed by atoms with Gasteiger partial charge >= 0.3 is 0 Å². The molecule has 0 aromatic heterocycles. The van der Waals surface area contributed by atoms with E-state index in [1.165, 1.54) is 38.9 Å².